The molecule has 0 radical (unpaired) electrons. The molecule has 1 unspecified atom stereocenters. The Hall–Kier alpha value is -3.62. The minimum Gasteiger partial charge on any atom is -0.493 e. The number of methoxy groups -OCH3 is 3. The molecule has 0 aromatic heterocycles. The lowest BCUT2D eigenvalue weighted by atomic mass is 9.78. The molecule has 0 N–H and O–H groups in total. The summed E-state index contributed by atoms with van der Waals surface area (Å²) in [4.78, 5) is 43.8. The Morgan fingerprint density at radius 1 is 1.00 bits per heavy atom. The minimum atomic E-state index is -0.766. The zero-order chi connectivity index (χ0) is 24.9. The third-order valence-corrected chi connectivity index (χ3v) is 7.34. The smallest absolute Gasteiger partial charge is 0.295 e. The van der Waals surface area contributed by atoms with Gasteiger partial charge in [-0.05, 0) is 61.1 Å². The third-order valence-electron chi connectivity index (χ3n) is 7.34. The van der Waals surface area contributed by atoms with Crippen LogP contribution in [0.5, 0.6) is 17.2 Å². The van der Waals surface area contributed by atoms with Crippen molar-refractivity contribution in [3.05, 3.63) is 52.8 Å². The van der Waals surface area contributed by atoms with Crippen molar-refractivity contribution in [1.29, 1.82) is 0 Å². The predicted molar refractivity (Wildman–Crippen MR) is 123 cm³/mol. The number of hydrogen-bond acceptors (Lipinski definition) is 6. The lowest BCUT2D eigenvalue weighted by molar-refractivity contribution is -0.164. The zero-order valence-electron chi connectivity index (χ0n) is 19.9. The monoisotopic (exact) mass is 482 g/mol. The fourth-order valence-electron chi connectivity index (χ4n) is 5.80. The van der Waals surface area contributed by atoms with Crippen molar-refractivity contribution in [3.8, 4) is 17.2 Å². The topological polar surface area (TPSA) is 85.4 Å². The molecule has 2 aromatic carbocycles. The number of piperidine rings is 1. The molecule has 2 amide bonds. The van der Waals surface area contributed by atoms with Gasteiger partial charge in [-0.15, -0.1) is 0 Å². The lowest BCUT2D eigenvalue weighted by Crippen LogP contribution is -2.68. The maximum absolute atomic E-state index is 14.2. The number of hydrogen-bond donors (Lipinski definition) is 0. The van der Waals surface area contributed by atoms with Gasteiger partial charge in [0.2, 0.25) is 11.7 Å². The summed E-state index contributed by atoms with van der Waals surface area (Å²) in [6, 6.07) is 5.88. The van der Waals surface area contributed by atoms with Gasteiger partial charge < -0.3 is 24.0 Å². The van der Waals surface area contributed by atoms with Crippen LogP contribution in [0.15, 0.2) is 30.3 Å². The van der Waals surface area contributed by atoms with E-state index in [1.807, 2.05) is 0 Å². The number of amides is 2. The van der Waals surface area contributed by atoms with Gasteiger partial charge >= 0.3 is 0 Å². The second-order valence-electron chi connectivity index (χ2n) is 9.04. The number of rotatable bonds is 5. The molecule has 2 saturated heterocycles. The summed E-state index contributed by atoms with van der Waals surface area (Å²) in [5.41, 5.74) is 1.76. The van der Waals surface area contributed by atoms with Crippen LogP contribution >= 0.6 is 0 Å². The molecule has 184 valence electrons. The first-order valence-corrected chi connectivity index (χ1v) is 11.6. The molecular formula is C26H27FN2O6. The van der Waals surface area contributed by atoms with E-state index in [9.17, 15) is 18.8 Å². The number of Topliss-reactive ketones (excluding diaryl/α,β-unsaturated/α-hetero) is 1. The van der Waals surface area contributed by atoms with Crippen molar-refractivity contribution in [2.75, 3.05) is 27.9 Å². The van der Waals surface area contributed by atoms with Crippen LogP contribution in [0.25, 0.3) is 0 Å². The Bertz CT molecular complexity index is 1190. The van der Waals surface area contributed by atoms with Crippen LogP contribution < -0.4 is 14.2 Å². The highest BCUT2D eigenvalue weighted by Crippen LogP contribution is 2.45. The first kappa shape index (κ1) is 23.1. The summed E-state index contributed by atoms with van der Waals surface area (Å²) in [5.74, 6) is -1.29. The van der Waals surface area contributed by atoms with E-state index in [2.05, 4.69) is 0 Å². The van der Waals surface area contributed by atoms with E-state index >= 15 is 0 Å². The van der Waals surface area contributed by atoms with Crippen LogP contribution in [0.3, 0.4) is 0 Å². The van der Waals surface area contributed by atoms with Gasteiger partial charge in [0.15, 0.2) is 11.5 Å². The number of halogens is 1. The van der Waals surface area contributed by atoms with Gasteiger partial charge in [0.1, 0.15) is 11.9 Å². The van der Waals surface area contributed by atoms with E-state index in [-0.39, 0.29) is 28.8 Å². The van der Waals surface area contributed by atoms with Crippen molar-refractivity contribution in [2.24, 2.45) is 0 Å². The van der Waals surface area contributed by atoms with Gasteiger partial charge in [0.05, 0.1) is 33.4 Å². The Labute approximate surface area is 202 Å². The quantitative estimate of drug-likeness (QED) is 0.481. The van der Waals surface area contributed by atoms with Gasteiger partial charge in [-0.1, -0.05) is 6.07 Å². The number of ketones is 1. The van der Waals surface area contributed by atoms with Crippen molar-refractivity contribution in [1.82, 2.24) is 9.80 Å². The average molecular weight is 483 g/mol. The van der Waals surface area contributed by atoms with E-state index in [1.165, 1.54) is 50.5 Å². The van der Waals surface area contributed by atoms with Gasteiger partial charge in [-0.2, -0.15) is 0 Å². The molecule has 8 nitrogen and oxygen atoms in total. The molecule has 9 heteroatoms. The molecule has 0 aliphatic carbocycles. The Kier molecular flexibility index (Phi) is 5.86. The Balaban J connectivity index is 1.54. The third kappa shape index (κ3) is 3.61. The van der Waals surface area contributed by atoms with Crippen LogP contribution in [0.1, 0.15) is 46.8 Å². The van der Waals surface area contributed by atoms with E-state index in [0.717, 1.165) is 12.0 Å². The number of ether oxygens (including phenoxy) is 3. The lowest BCUT2D eigenvalue weighted by Gasteiger charge is -2.55. The first-order valence-electron chi connectivity index (χ1n) is 11.6. The molecule has 2 bridgehead atoms. The Morgan fingerprint density at radius 2 is 1.71 bits per heavy atom. The molecular weight excluding hydrogens is 455 g/mol. The van der Waals surface area contributed by atoms with E-state index in [1.54, 1.807) is 11.0 Å². The van der Waals surface area contributed by atoms with Gasteiger partial charge in [0.25, 0.3) is 11.7 Å². The van der Waals surface area contributed by atoms with Crippen molar-refractivity contribution >= 4 is 17.6 Å². The van der Waals surface area contributed by atoms with Crippen molar-refractivity contribution < 1.29 is 33.0 Å². The van der Waals surface area contributed by atoms with Gasteiger partial charge in [0, 0.05) is 12.1 Å². The van der Waals surface area contributed by atoms with Crippen LogP contribution in [0.4, 0.5) is 4.39 Å². The molecule has 2 aromatic rings. The average Bonchev–Trinajstić information content (AvgIpc) is 2.89. The number of fused-ring (bicyclic) bond motifs is 6. The predicted octanol–water partition coefficient (Wildman–Crippen LogP) is 2.92. The second kappa shape index (κ2) is 8.87. The maximum Gasteiger partial charge on any atom is 0.295 e. The van der Waals surface area contributed by atoms with E-state index in [0.29, 0.717) is 37.1 Å². The Morgan fingerprint density at radius 3 is 2.37 bits per heavy atom. The van der Waals surface area contributed by atoms with Gasteiger partial charge in [-0.3, -0.25) is 14.4 Å². The molecule has 0 spiro atoms. The number of piperazine rings is 1. The highest BCUT2D eigenvalue weighted by Gasteiger charge is 2.53. The minimum absolute atomic E-state index is 0.0764. The van der Waals surface area contributed by atoms with Crippen LogP contribution in [0.2, 0.25) is 0 Å². The molecule has 35 heavy (non-hydrogen) atoms. The molecule has 0 saturated carbocycles. The number of carbonyl (C=O) groups excluding carboxylic acids is 3. The molecule has 2 fully saturated rings. The summed E-state index contributed by atoms with van der Waals surface area (Å²) in [5, 5.41) is 0. The summed E-state index contributed by atoms with van der Waals surface area (Å²) < 4.78 is 30.2. The summed E-state index contributed by atoms with van der Waals surface area (Å²) in [6.45, 7) is 0.512. The standard InChI is InChI=1S/C26H27FN2O6/c1-33-20-11-15(12-21(34-2)24(20)35-3)23(30)26(32)29-18-5-4-6-19(29)25(31)28-10-9-14-7-8-16(27)13-17(14)22(18)28/h7-8,11-13,18-19,22H,4-6,9-10H2,1-3H3/t18-,19+,22?/m1/s1. The molecule has 5 rings (SSSR count). The van der Waals surface area contributed by atoms with Crippen molar-refractivity contribution in [2.45, 2.75) is 43.8 Å². The highest BCUT2D eigenvalue weighted by molar-refractivity contribution is 6.43. The molecule has 3 atom stereocenters. The molecule has 3 heterocycles. The van der Waals surface area contributed by atoms with E-state index in [4.69, 9.17) is 14.2 Å². The fourth-order valence-corrected chi connectivity index (χ4v) is 5.80. The zero-order valence-corrected chi connectivity index (χ0v) is 19.9. The first-order chi connectivity index (χ1) is 16.9. The summed E-state index contributed by atoms with van der Waals surface area (Å²) in [7, 11) is 4.30. The number of carbonyl (C=O) groups is 3. The summed E-state index contributed by atoms with van der Waals surface area (Å²) in [6.07, 6.45) is 2.49. The number of nitrogens with zero attached hydrogens (tertiary/aromatic N) is 2. The van der Waals surface area contributed by atoms with E-state index < -0.39 is 29.8 Å². The molecule has 3 aliphatic rings. The normalized spacial score (nSPS) is 22.7. The molecule has 3 aliphatic heterocycles. The second-order valence-corrected chi connectivity index (χ2v) is 9.04. The SMILES string of the molecule is COc1cc(C(=O)C(=O)N2[C@@H]3CCC[C@H]2C(=O)N2CCc4ccc(F)cc4C32)cc(OC)c1OC. The number of benzene rings is 2. The van der Waals surface area contributed by atoms with Crippen LogP contribution in [-0.4, -0.2) is 67.4 Å². The highest BCUT2D eigenvalue weighted by atomic mass is 19.1. The van der Waals surface area contributed by atoms with Gasteiger partial charge in [-0.25, -0.2) is 4.39 Å². The fraction of sp³-hybridized carbons (Fsp3) is 0.423. The maximum atomic E-state index is 14.2. The summed E-state index contributed by atoms with van der Waals surface area (Å²) >= 11 is 0. The van der Waals surface area contributed by atoms with Crippen LogP contribution in [-0.2, 0) is 16.0 Å². The van der Waals surface area contributed by atoms with Crippen molar-refractivity contribution in [3.63, 3.8) is 0 Å². The largest absolute Gasteiger partial charge is 0.493 e. The van der Waals surface area contributed by atoms with Crippen LogP contribution in [0, 0.1) is 5.82 Å².